The van der Waals surface area contributed by atoms with Gasteiger partial charge >= 0.3 is 0 Å². The molecule has 3 aromatic rings. The summed E-state index contributed by atoms with van der Waals surface area (Å²) in [4.78, 5) is 19.2. The second-order valence-electron chi connectivity index (χ2n) is 6.87. The summed E-state index contributed by atoms with van der Waals surface area (Å²) < 4.78 is 16.3. The minimum atomic E-state index is -0.181. The van der Waals surface area contributed by atoms with Crippen LogP contribution in [0.15, 0.2) is 47.1 Å². The highest BCUT2D eigenvalue weighted by atomic mass is 16.5. The Kier molecular flexibility index (Phi) is 5.53. The zero-order valence-corrected chi connectivity index (χ0v) is 15.8. The second kappa shape index (κ2) is 8.39. The number of carbonyl (C=O) groups is 1. The van der Waals surface area contributed by atoms with Gasteiger partial charge in [-0.15, -0.1) is 0 Å². The molecule has 1 atom stereocenters. The van der Waals surface area contributed by atoms with E-state index in [-0.39, 0.29) is 17.8 Å². The number of ether oxygens (including phenoxy) is 2. The summed E-state index contributed by atoms with van der Waals surface area (Å²) in [5.41, 5.74) is 1.58. The summed E-state index contributed by atoms with van der Waals surface area (Å²) in [5, 5.41) is 4.55. The van der Waals surface area contributed by atoms with Crippen molar-refractivity contribution in [3.8, 4) is 5.75 Å². The van der Waals surface area contributed by atoms with E-state index in [4.69, 9.17) is 14.0 Å². The molecule has 0 radical (unpaired) electrons. The van der Waals surface area contributed by atoms with Crippen molar-refractivity contribution in [2.24, 2.45) is 0 Å². The SMILES string of the molecule is COc1ccc(CCN(CC2CCCO2)C(=O)c2onc3ncccc23)cc1. The molecule has 0 spiro atoms. The number of fused-ring (bicyclic) bond motifs is 1. The molecule has 0 aliphatic carbocycles. The van der Waals surface area contributed by atoms with Crippen LogP contribution in [0, 0.1) is 0 Å². The smallest absolute Gasteiger partial charge is 0.293 e. The number of benzene rings is 1. The third-order valence-corrected chi connectivity index (χ3v) is 5.01. The fraction of sp³-hybridized carbons (Fsp3) is 0.381. The summed E-state index contributed by atoms with van der Waals surface area (Å²) in [6.45, 7) is 1.85. The number of methoxy groups -OCH3 is 1. The van der Waals surface area contributed by atoms with Crippen molar-refractivity contribution in [1.82, 2.24) is 15.0 Å². The van der Waals surface area contributed by atoms with E-state index >= 15 is 0 Å². The van der Waals surface area contributed by atoms with E-state index in [1.165, 1.54) is 0 Å². The summed E-state index contributed by atoms with van der Waals surface area (Å²) in [6.07, 6.45) is 4.41. The van der Waals surface area contributed by atoms with Crippen molar-refractivity contribution < 1.29 is 18.8 Å². The minimum Gasteiger partial charge on any atom is -0.497 e. The molecule has 1 unspecified atom stereocenters. The molecular weight excluding hydrogens is 358 g/mol. The Balaban J connectivity index is 1.52. The van der Waals surface area contributed by atoms with Crippen LogP contribution in [0.2, 0.25) is 0 Å². The van der Waals surface area contributed by atoms with Gasteiger partial charge in [0.25, 0.3) is 5.91 Å². The molecule has 1 aliphatic rings. The summed E-state index contributed by atoms with van der Waals surface area (Å²) in [5.74, 6) is 0.868. The quantitative estimate of drug-likeness (QED) is 0.626. The van der Waals surface area contributed by atoms with Crippen LogP contribution in [-0.4, -0.2) is 53.9 Å². The predicted octanol–water partition coefficient (Wildman–Crippen LogP) is 3.10. The van der Waals surface area contributed by atoms with Gasteiger partial charge < -0.3 is 18.9 Å². The highest BCUT2D eigenvalue weighted by molar-refractivity contribution is 6.02. The average Bonchev–Trinajstić information content (AvgIpc) is 3.40. The van der Waals surface area contributed by atoms with Gasteiger partial charge in [0.2, 0.25) is 11.4 Å². The van der Waals surface area contributed by atoms with Gasteiger partial charge in [-0.25, -0.2) is 4.98 Å². The molecular formula is C21H23N3O4. The Morgan fingerprint density at radius 1 is 1.29 bits per heavy atom. The first-order valence-corrected chi connectivity index (χ1v) is 9.49. The monoisotopic (exact) mass is 381 g/mol. The number of rotatable bonds is 7. The Hall–Kier alpha value is -2.93. The Labute approximate surface area is 163 Å². The molecule has 1 aromatic carbocycles. The Bertz CT molecular complexity index is 932. The van der Waals surface area contributed by atoms with Crippen LogP contribution in [0.25, 0.3) is 11.0 Å². The second-order valence-corrected chi connectivity index (χ2v) is 6.87. The van der Waals surface area contributed by atoms with Gasteiger partial charge in [-0.05, 0) is 49.1 Å². The van der Waals surface area contributed by atoms with Crippen LogP contribution in [0.3, 0.4) is 0 Å². The molecule has 0 bridgehead atoms. The number of pyridine rings is 1. The number of hydrogen-bond acceptors (Lipinski definition) is 6. The molecule has 0 N–H and O–H groups in total. The lowest BCUT2D eigenvalue weighted by molar-refractivity contribution is 0.0500. The number of carbonyl (C=O) groups excluding carboxylic acids is 1. The Morgan fingerprint density at radius 3 is 2.89 bits per heavy atom. The van der Waals surface area contributed by atoms with E-state index in [0.29, 0.717) is 24.1 Å². The first-order valence-electron chi connectivity index (χ1n) is 9.49. The summed E-state index contributed by atoms with van der Waals surface area (Å²) in [6, 6.07) is 11.5. The van der Waals surface area contributed by atoms with Gasteiger partial charge in [-0.2, -0.15) is 0 Å². The molecule has 28 heavy (non-hydrogen) atoms. The van der Waals surface area contributed by atoms with E-state index in [1.54, 1.807) is 30.3 Å². The van der Waals surface area contributed by atoms with Crippen molar-refractivity contribution in [2.75, 3.05) is 26.8 Å². The minimum absolute atomic E-state index is 0.0622. The normalized spacial score (nSPS) is 16.4. The van der Waals surface area contributed by atoms with Crippen molar-refractivity contribution in [3.63, 3.8) is 0 Å². The van der Waals surface area contributed by atoms with E-state index in [0.717, 1.165) is 37.2 Å². The lowest BCUT2D eigenvalue weighted by Crippen LogP contribution is -2.38. The zero-order chi connectivity index (χ0) is 19.3. The molecule has 7 heteroatoms. The average molecular weight is 381 g/mol. The standard InChI is InChI=1S/C21H23N3O4/c1-26-16-8-6-15(7-9-16)10-12-24(14-17-4-3-13-27-17)21(25)19-18-5-2-11-22-20(18)23-28-19/h2,5-9,11,17H,3-4,10,12-14H2,1H3. The molecule has 2 aromatic heterocycles. The van der Waals surface area contributed by atoms with Crippen molar-refractivity contribution >= 4 is 16.9 Å². The van der Waals surface area contributed by atoms with Crippen LogP contribution < -0.4 is 4.74 Å². The van der Waals surface area contributed by atoms with Crippen LogP contribution >= 0.6 is 0 Å². The lowest BCUT2D eigenvalue weighted by atomic mass is 10.1. The summed E-state index contributed by atoms with van der Waals surface area (Å²) >= 11 is 0. The maximum atomic E-state index is 13.2. The van der Waals surface area contributed by atoms with Crippen LogP contribution in [0.1, 0.15) is 29.0 Å². The van der Waals surface area contributed by atoms with Crippen LogP contribution in [-0.2, 0) is 11.2 Å². The van der Waals surface area contributed by atoms with Gasteiger partial charge in [-0.1, -0.05) is 17.3 Å². The first-order chi connectivity index (χ1) is 13.7. The number of aromatic nitrogens is 2. The maximum Gasteiger partial charge on any atom is 0.293 e. The van der Waals surface area contributed by atoms with Crippen molar-refractivity contribution in [3.05, 3.63) is 53.9 Å². The molecule has 1 saturated heterocycles. The molecule has 4 rings (SSSR count). The highest BCUT2D eigenvalue weighted by Crippen LogP contribution is 2.21. The molecule has 1 fully saturated rings. The van der Waals surface area contributed by atoms with Gasteiger partial charge in [0.15, 0.2) is 0 Å². The molecule has 3 heterocycles. The molecule has 1 amide bonds. The van der Waals surface area contributed by atoms with Crippen LogP contribution in [0.4, 0.5) is 0 Å². The summed E-state index contributed by atoms with van der Waals surface area (Å²) in [7, 11) is 1.65. The van der Waals surface area contributed by atoms with E-state index in [1.807, 2.05) is 24.3 Å². The fourth-order valence-corrected chi connectivity index (χ4v) is 3.45. The topological polar surface area (TPSA) is 77.7 Å². The molecule has 1 aliphatic heterocycles. The van der Waals surface area contributed by atoms with E-state index < -0.39 is 0 Å². The zero-order valence-electron chi connectivity index (χ0n) is 15.8. The van der Waals surface area contributed by atoms with Gasteiger partial charge in [0.05, 0.1) is 18.6 Å². The van der Waals surface area contributed by atoms with Gasteiger partial charge in [0, 0.05) is 25.9 Å². The molecule has 7 nitrogen and oxygen atoms in total. The van der Waals surface area contributed by atoms with Gasteiger partial charge in [0.1, 0.15) is 5.75 Å². The van der Waals surface area contributed by atoms with E-state index in [9.17, 15) is 4.79 Å². The number of hydrogen-bond donors (Lipinski definition) is 0. The molecule has 0 saturated carbocycles. The number of amides is 1. The largest absolute Gasteiger partial charge is 0.497 e. The van der Waals surface area contributed by atoms with Crippen molar-refractivity contribution in [2.45, 2.75) is 25.4 Å². The maximum absolute atomic E-state index is 13.2. The third-order valence-electron chi connectivity index (χ3n) is 5.01. The van der Waals surface area contributed by atoms with E-state index in [2.05, 4.69) is 10.1 Å². The first kappa shape index (κ1) is 18.4. The third kappa shape index (κ3) is 3.99. The lowest BCUT2D eigenvalue weighted by Gasteiger charge is -2.24. The number of nitrogens with zero attached hydrogens (tertiary/aromatic N) is 3. The van der Waals surface area contributed by atoms with Gasteiger partial charge in [-0.3, -0.25) is 4.79 Å². The van der Waals surface area contributed by atoms with Crippen molar-refractivity contribution in [1.29, 1.82) is 0 Å². The fourth-order valence-electron chi connectivity index (χ4n) is 3.45. The Morgan fingerprint density at radius 2 is 2.14 bits per heavy atom. The highest BCUT2D eigenvalue weighted by Gasteiger charge is 2.27. The van der Waals surface area contributed by atoms with Crippen LogP contribution in [0.5, 0.6) is 5.75 Å². The predicted molar refractivity (Wildman–Crippen MR) is 103 cm³/mol. The molecule has 146 valence electrons.